The first-order chi connectivity index (χ1) is 11.1. The summed E-state index contributed by atoms with van der Waals surface area (Å²) in [5.41, 5.74) is 0. The fourth-order valence-corrected chi connectivity index (χ4v) is 2.70. The van der Waals surface area contributed by atoms with Gasteiger partial charge in [-0.2, -0.15) is 0 Å². The van der Waals surface area contributed by atoms with Gasteiger partial charge in [-0.1, -0.05) is 26.7 Å². The molecular weight excluding hydrogens is 419 g/mol. The van der Waals surface area contributed by atoms with Gasteiger partial charge in [0.05, 0.1) is 7.11 Å². The van der Waals surface area contributed by atoms with Crippen molar-refractivity contribution in [3.63, 3.8) is 0 Å². The molecule has 142 valence electrons. The predicted octanol–water partition coefficient (Wildman–Crippen LogP) is 3.22. The van der Waals surface area contributed by atoms with Gasteiger partial charge in [-0.05, 0) is 32.1 Å². The van der Waals surface area contributed by atoms with E-state index in [0.29, 0.717) is 6.04 Å². The Labute approximate surface area is 164 Å². The number of likely N-dealkylation sites (tertiary alicyclic amines) is 1. The molecule has 6 nitrogen and oxygen atoms in total. The van der Waals surface area contributed by atoms with Gasteiger partial charge in [0.2, 0.25) is 0 Å². The lowest BCUT2D eigenvalue weighted by atomic mass is 10.1. The highest BCUT2D eigenvalue weighted by atomic mass is 127. The number of rotatable bonds is 7. The molecule has 24 heavy (non-hydrogen) atoms. The zero-order chi connectivity index (χ0) is 17.1. The maximum atomic E-state index is 11.5. The Morgan fingerprint density at radius 3 is 2.50 bits per heavy atom. The van der Waals surface area contributed by atoms with E-state index < -0.39 is 0 Å². The van der Waals surface area contributed by atoms with Crippen molar-refractivity contribution in [2.75, 3.05) is 33.3 Å². The van der Waals surface area contributed by atoms with Crippen LogP contribution in [0.1, 0.15) is 52.9 Å². The molecule has 0 aromatic rings. The van der Waals surface area contributed by atoms with Crippen molar-refractivity contribution in [3.05, 3.63) is 0 Å². The number of piperidine rings is 1. The van der Waals surface area contributed by atoms with Gasteiger partial charge in [0.15, 0.2) is 5.96 Å². The first-order valence-corrected chi connectivity index (χ1v) is 8.94. The molecule has 1 aliphatic heterocycles. The SMILES string of the molecule is CCNC(=NCCCCC(C)C)NC1CCN(C(=O)OC)CC1.I. The molecule has 1 fully saturated rings. The Hall–Kier alpha value is -0.730. The summed E-state index contributed by atoms with van der Waals surface area (Å²) in [6.45, 7) is 9.79. The zero-order valence-corrected chi connectivity index (χ0v) is 18.0. The summed E-state index contributed by atoms with van der Waals surface area (Å²) in [4.78, 5) is 17.9. The summed E-state index contributed by atoms with van der Waals surface area (Å²) in [5.74, 6) is 1.67. The quantitative estimate of drug-likeness (QED) is 0.268. The second kappa shape index (κ2) is 13.5. The predicted molar refractivity (Wildman–Crippen MR) is 110 cm³/mol. The Morgan fingerprint density at radius 2 is 1.96 bits per heavy atom. The molecule has 0 aromatic heterocycles. The summed E-state index contributed by atoms with van der Waals surface area (Å²) < 4.78 is 4.77. The number of aliphatic imine (C=N–C) groups is 1. The van der Waals surface area contributed by atoms with Crippen LogP contribution in [-0.2, 0) is 4.74 Å². The van der Waals surface area contributed by atoms with E-state index in [9.17, 15) is 4.79 Å². The summed E-state index contributed by atoms with van der Waals surface area (Å²) >= 11 is 0. The van der Waals surface area contributed by atoms with Crippen LogP contribution in [0.15, 0.2) is 4.99 Å². The standard InChI is InChI=1S/C17H34N4O2.HI/c1-5-18-16(19-11-7-6-8-14(2)3)20-15-9-12-21(13-10-15)17(22)23-4;/h14-15H,5-13H2,1-4H3,(H2,18,19,20);1H. The second-order valence-corrected chi connectivity index (χ2v) is 6.53. The number of carbonyl (C=O) groups is 1. The van der Waals surface area contributed by atoms with Gasteiger partial charge in [0.25, 0.3) is 0 Å². The van der Waals surface area contributed by atoms with Gasteiger partial charge in [-0.3, -0.25) is 4.99 Å². The largest absolute Gasteiger partial charge is 0.453 e. The maximum absolute atomic E-state index is 11.5. The third kappa shape index (κ3) is 9.54. The molecule has 7 heteroatoms. The van der Waals surface area contributed by atoms with Crippen LogP contribution in [-0.4, -0.2) is 56.3 Å². The summed E-state index contributed by atoms with van der Waals surface area (Å²) in [6.07, 6.45) is 5.26. The van der Waals surface area contributed by atoms with E-state index in [1.807, 2.05) is 0 Å². The number of ether oxygens (including phenoxy) is 1. The normalized spacial score (nSPS) is 15.9. The average molecular weight is 454 g/mol. The van der Waals surface area contributed by atoms with E-state index in [-0.39, 0.29) is 30.1 Å². The maximum Gasteiger partial charge on any atom is 0.409 e. The van der Waals surface area contributed by atoms with Gasteiger partial charge in [0, 0.05) is 32.2 Å². The van der Waals surface area contributed by atoms with Crippen LogP contribution in [0.25, 0.3) is 0 Å². The topological polar surface area (TPSA) is 66.0 Å². The fourth-order valence-electron chi connectivity index (χ4n) is 2.70. The van der Waals surface area contributed by atoms with Gasteiger partial charge in [-0.25, -0.2) is 4.79 Å². The number of halogens is 1. The van der Waals surface area contributed by atoms with E-state index in [2.05, 4.69) is 36.4 Å². The molecule has 0 spiro atoms. The number of hydrogen-bond acceptors (Lipinski definition) is 3. The minimum atomic E-state index is -0.228. The van der Waals surface area contributed by atoms with Crippen molar-refractivity contribution in [3.8, 4) is 0 Å². The van der Waals surface area contributed by atoms with Gasteiger partial charge in [-0.15, -0.1) is 24.0 Å². The van der Waals surface area contributed by atoms with Gasteiger partial charge < -0.3 is 20.3 Å². The van der Waals surface area contributed by atoms with Gasteiger partial charge >= 0.3 is 6.09 Å². The lowest BCUT2D eigenvalue weighted by Gasteiger charge is -2.32. The van der Waals surface area contributed by atoms with Crippen LogP contribution in [0, 0.1) is 5.92 Å². The van der Waals surface area contributed by atoms with Crippen molar-refractivity contribution in [1.29, 1.82) is 0 Å². The van der Waals surface area contributed by atoms with Crippen molar-refractivity contribution in [2.45, 2.75) is 58.9 Å². The molecule has 0 saturated carbocycles. The minimum absolute atomic E-state index is 0. The molecule has 0 unspecified atom stereocenters. The van der Waals surface area contributed by atoms with Crippen molar-refractivity contribution in [2.24, 2.45) is 10.9 Å². The molecular formula is C17H35IN4O2. The average Bonchev–Trinajstić information content (AvgIpc) is 2.54. The Balaban J connectivity index is 0.00000529. The van der Waals surface area contributed by atoms with E-state index in [0.717, 1.165) is 57.3 Å². The van der Waals surface area contributed by atoms with Crippen LogP contribution in [0.4, 0.5) is 4.79 Å². The molecule has 2 N–H and O–H groups in total. The van der Waals surface area contributed by atoms with Gasteiger partial charge in [0.1, 0.15) is 0 Å². The van der Waals surface area contributed by atoms with E-state index in [1.54, 1.807) is 4.90 Å². The molecule has 1 amide bonds. The number of methoxy groups -OCH3 is 1. The number of hydrogen-bond donors (Lipinski definition) is 2. The number of nitrogens with one attached hydrogen (secondary N) is 2. The second-order valence-electron chi connectivity index (χ2n) is 6.53. The minimum Gasteiger partial charge on any atom is -0.453 e. The van der Waals surface area contributed by atoms with Crippen LogP contribution in [0.3, 0.4) is 0 Å². The van der Waals surface area contributed by atoms with Crippen LogP contribution >= 0.6 is 24.0 Å². The summed E-state index contributed by atoms with van der Waals surface area (Å²) in [6, 6.07) is 0.365. The molecule has 1 heterocycles. The lowest BCUT2D eigenvalue weighted by molar-refractivity contribution is 0.111. The van der Waals surface area contributed by atoms with E-state index >= 15 is 0 Å². The zero-order valence-electron chi connectivity index (χ0n) is 15.6. The van der Waals surface area contributed by atoms with Crippen LogP contribution < -0.4 is 10.6 Å². The smallest absolute Gasteiger partial charge is 0.409 e. The third-order valence-corrected chi connectivity index (χ3v) is 4.07. The van der Waals surface area contributed by atoms with Crippen LogP contribution in [0.2, 0.25) is 0 Å². The highest BCUT2D eigenvalue weighted by Crippen LogP contribution is 2.11. The molecule has 1 aliphatic rings. The van der Waals surface area contributed by atoms with Crippen molar-refractivity contribution >= 4 is 36.0 Å². The van der Waals surface area contributed by atoms with Crippen molar-refractivity contribution in [1.82, 2.24) is 15.5 Å². The first-order valence-electron chi connectivity index (χ1n) is 8.94. The monoisotopic (exact) mass is 454 g/mol. The summed E-state index contributed by atoms with van der Waals surface area (Å²) in [5, 5.41) is 6.80. The molecule has 0 bridgehead atoms. The number of carbonyl (C=O) groups excluding carboxylic acids is 1. The third-order valence-electron chi connectivity index (χ3n) is 4.07. The van der Waals surface area contributed by atoms with Crippen molar-refractivity contribution < 1.29 is 9.53 Å². The fraction of sp³-hybridized carbons (Fsp3) is 0.882. The molecule has 0 aromatic carbocycles. The Kier molecular flexibility index (Phi) is 13.1. The number of nitrogens with zero attached hydrogens (tertiary/aromatic N) is 2. The highest BCUT2D eigenvalue weighted by Gasteiger charge is 2.23. The molecule has 0 atom stereocenters. The van der Waals surface area contributed by atoms with E-state index in [4.69, 9.17) is 4.74 Å². The Bertz CT molecular complexity index is 370. The van der Waals surface area contributed by atoms with E-state index in [1.165, 1.54) is 20.0 Å². The number of amides is 1. The summed E-state index contributed by atoms with van der Waals surface area (Å²) in [7, 11) is 1.43. The highest BCUT2D eigenvalue weighted by molar-refractivity contribution is 14.0. The lowest BCUT2D eigenvalue weighted by Crippen LogP contribution is -2.49. The number of guanidine groups is 1. The molecule has 1 rings (SSSR count). The number of unbranched alkanes of at least 4 members (excludes halogenated alkanes) is 1. The Morgan fingerprint density at radius 1 is 1.29 bits per heavy atom. The molecule has 0 radical (unpaired) electrons. The molecule has 1 saturated heterocycles. The first kappa shape index (κ1) is 23.3. The van der Waals surface area contributed by atoms with Crippen LogP contribution in [0.5, 0.6) is 0 Å². The molecule has 0 aliphatic carbocycles.